The second kappa shape index (κ2) is 11.3. The van der Waals surface area contributed by atoms with E-state index in [0.717, 1.165) is 0 Å². The van der Waals surface area contributed by atoms with Gasteiger partial charge in [0.05, 0.1) is 25.6 Å². The van der Waals surface area contributed by atoms with E-state index < -0.39 is 11.8 Å². The van der Waals surface area contributed by atoms with Crippen molar-refractivity contribution < 1.29 is 29.3 Å². The molecule has 2 aromatic carbocycles. The molecule has 0 aromatic heterocycles. The maximum atomic E-state index is 12.0. The minimum absolute atomic E-state index is 0.00143. The van der Waals surface area contributed by atoms with Crippen molar-refractivity contribution in [3.63, 3.8) is 0 Å². The quantitative estimate of drug-likeness (QED) is 0.347. The van der Waals surface area contributed by atoms with E-state index >= 15 is 0 Å². The van der Waals surface area contributed by atoms with Gasteiger partial charge in [-0.3, -0.25) is 9.59 Å². The van der Waals surface area contributed by atoms with Crippen molar-refractivity contribution in [2.45, 2.75) is 26.7 Å². The van der Waals surface area contributed by atoms with Gasteiger partial charge in [0.1, 0.15) is 0 Å². The number of hydrogen-bond acceptors (Lipinski definition) is 8. The first-order chi connectivity index (χ1) is 15.2. The van der Waals surface area contributed by atoms with Crippen LogP contribution in [0.2, 0.25) is 0 Å². The van der Waals surface area contributed by atoms with Gasteiger partial charge in [-0.1, -0.05) is 0 Å². The number of carbonyl (C=O) groups is 2. The fraction of sp³-hybridized carbons (Fsp3) is 0.273. The van der Waals surface area contributed by atoms with Crippen LogP contribution in [-0.4, -0.2) is 47.7 Å². The van der Waals surface area contributed by atoms with Gasteiger partial charge in [0.2, 0.25) is 11.8 Å². The lowest BCUT2D eigenvalue weighted by atomic mass is 10.1. The summed E-state index contributed by atoms with van der Waals surface area (Å²) >= 11 is 0. The molecule has 0 heterocycles. The molecule has 4 N–H and O–H groups in total. The number of benzene rings is 2. The summed E-state index contributed by atoms with van der Waals surface area (Å²) in [4.78, 5) is 24.0. The van der Waals surface area contributed by atoms with Gasteiger partial charge >= 0.3 is 0 Å². The minimum Gasteiger partial charge on any atom is -0.504 e. The standard InChI is InChI=1S/C22H26N4O6/c1-13(15-5-7-17(27)19(11-15)31-3)23-25-21(29)9-10-22(30)26-24-14(2)16-6-8-18(28)20(12-16)32-4/h5-8,11-12,27-28H,9-10H2,1-4H3,(H,25,29)(H,26,30). The van der Waals surface area contributed by atoms with Crippen molar-refractivity contribution in [2.24, 2.45) is 10.2 Å². The third-order valence-corrected chi connectivity index (χ3v) is 4.47. The fourth-order valence-electron chi connectivity index (χ4n) is 2.57. The Morgan fingerprint density at radius 2 is 1.16 bits per heavy atom. The molecular formula is C22H26N4O6. The molecule has 10 heteroatoms. The Kier molecular flexibility index (Phi) is 8.58. The van der Waals surface area contributed by atoms with Crippen LogP contribution >= 0.6 is 0 Å². The third kappa shape index (κ3) is 6.73. The molecule has 2 rings (SSSR count). The van der Waals surface area contributed by atoms with Crippen molar-refractivity contribution in [3.05, 3.63) is 47.5 Å². The van der Waals surface area contributed by atoms with Crippen LogP contribution in [-0.2, 0) is 9.59 Å². The number of phenols is 2. The number of hydrogen-bond donors (Lipinski definition) is 4. The zero-order valence-electron chi connectivity index (χ0n) is 18.3. The molecule has 0 unspecified atom stereocenters. The number of carbonyl (C=O) groups excluding carboxylic acids is 2. The van der Waals surface area contributed by atoms with Gasteiger partial charge in [-0.15, -0.1) is 0 Å². The van der Waals surface area contributed by atoms with Crippen LogP contribution in [0.15, 0.2) is 46.6 Å². The molecule has 0 fully saturated rings. The Morgan fingerprint density at radius 1 is 0.781 bits per heavy atom. The van der Waals surface area contributed by atoms with E-state index in [-0.39, 0.29) is 24.3 Å². The second-order valence-corrected chi connectivity index (χ2v) is 6.74. The predicted octanol–water partition coefficient (Wildman–Crippen LogP) is 2.28. The van der Waals surface area contributed by atoms with Gasteiger partial charge in [0.15, 0.2) is 23.0 Å². The minimum atomic E-state index is -0.436. The monoisotopic (exact) mass is 442 g/mol. The normalized spacial score (nSPS) is 11.6. The molecule has 0 spiro atoms. The van der Waals surface area contributed by atoms with Gasteiger partial charge < -0.3 is 19.7 Å². The summed E-state index contributed by atoms with van der Waals surface area (Å²) in [5, 5.41) is 27.3. The number of methoxy groups -OCH3 is 2. The number of rotatable bonds is 9. The smallest absolute Gasteiger partial charge is 0.240 e. The molecule has 2 amide bonds. The fourth-order valence-corrected chi connectivity index (χ4v) is 2.57. The van der Waals surface area contributed by atoms with Crippen LogP contribution < -0.4 is 20.3 Å². The number of nitrogens with one attached hydrogen (secondary N) is 2. The molecule has 0 aliphatic rings. The highest BCUT2D eigenvalue weighted by Gasteiger charge is 2.09. The Balaban J connectivity index is 1.85. The van der Waals surface area contributed by atoms with Crippen LogP contribution in [0, 0.1) is 0 Å². The van der Waals surface area contributed by atoms with E-state index in [9.17, 15) is 19.8 Å². The lowest BCUT2D eigenvalue weighted by Crippen LogP contribution is -2.24. The van der Waals surface area contributed by atoms with E-state index in [4.69, 9.17) is 9.47 Å². The Bertz CT molecular complexity index is 965. The molecule has 170 valence electrons. The number of hydrazone groups is 2. The van der Waals surface area contributed by atoms with Crippen LogP contribution in [0.4, 0.5) is 0 Å². The number of nitrogens with zero attached hydrogens (tertiary/aromatic N) is 2. The summed E-state index contributed by atoms with van der Waals surface area (Å²) in [6.07, 6.45) is -0.160. The zero-order valence-corrected chi connectivity index (χ0v) is 18.3. The highest BCUT2D eigenvalue weighted by atomic mass is 16.5. The third-order valence-electron chi connectivity index (χ3n) is 4.47. The first kappa shape index (κ1) is 24.2. The van der Waals surface area contributed by atoms with Gasteiger partial charge in [-0.05, 0) is 50.2 Å². The Hall–Kier alpha value is -4.08. The lowest BCUT2D eigenvalue weighted by molar-refractivity contribution is -0.126. The average Bonchev–Trinajstić information content (AvgIpc) is 2.80. The first-order valence-corrected chi connectivity index (χ1v) is 9.66. The van der Waals surface area contributed by atoms with Crippen LogP contribution in [0.3, 0.4) is 0 Å². The summed E-state index contributed by atoms with van der Waals surface area (Å²) < 4.78 is 10.1. The topological polar surface area (TPSA) is 142 Å². The predicted molar refractivity (Wildman–Crippen MR) is 119 cm³/mol. The molecule has 0 aliphatic heterocycles. The summed E-state index contributed by atoms with van der Waals surface area (Å²) in [5.41, 5.74) is 7.11. The van der Waals surface area contributed by atoms with Gasteiger partial charge in [-0.25, -0.2) is 10.9 Å². The molecular weight excluding hydrogens is 416 g/mol. The Labute approximate surface area is 185 Å². The van der Waals surface area contributed by atoms with Crippen molar-refractivity contribution in [3.8, 4) is 23.0 Å². The molecule has 0 saturated carbocycles. The van der Waals surface area contributed by atoms with Crippen LogP contribution in [0.25, 0.3) is 0 Å². The van der Waals surface area contributed by atoms with E-state index in [0.29, 0.717) is 34.0 Å². The van der Waals surface area contributed by atoms with E-state index in [2.05, 4.69) is 21.1 Å². The highest BCUT2D eigenvalue weighted by molar-refractivity contribution is 6.00. The summed E-state index contributed by atoms with van der Waals surface area (Å²) in [5.74, 6) is -0.283. The maximum Gasteiger partial charge on any atom is 0.240 e. The molecule has 0 aliphatic carbocycles. The molecule has 0 atom stereocenters. The zero-order chi connectivity index (χ0) is 23.7. The van der Waals surface area contributed by atoms with E-state index in [1.807, 2.05) is 0 Å². The van der Waals surface area contributed by atoms with Crippen molar-refractivity contribution in [1.82, 2.24) is 10.9 Å². The highest BCUT2D eigenvalue weighted by Crippen LogP contribution is 2.27. The molecule has 10 nitrogen and oxygen atoms in total. The Morgan fingerprint density at radius 3 is 1.50 bits per heavy atom. The molecule has 32 heavy (non-hydrogen) atoms. The van der Waals surface area contributed by atoms with Gasteiger partial charge in [0, 0.05) is 24.0 Å². The van der Waals surface area contributed by atoms with Crippen LogP contribution in [0.1, 0.15) is 37.8 Å². The molecule has 0 bridgehead atoms. The molecule has 0 saturated heterocycles. The van der Waals surface area contributed by atoms with Crippen molar-refractivity contribution in [1.29, 1.82) is 0 Å². The summed E-state index contributed by atoms with van der Waals surface area (Å²) in [6.45, 7) is 3.38. The van der Waals surface area contributed by atoms with Gasteiger partial charge in [0.25, 0.3) is 0 Å². The maximum absolute atomic E-state index is 12.0. The van der Waals surface area contributed by atoms with Gasteiger partial charge in [-0.2, -0.15) is 10.2 Å². The van der Waals surface area contributed by atoms with Crippen molar-refractivity contribution in [2.75, 3.05) is 14.2 Å². The largest absolute Gasteiger partial charge is 0.504 e. The number of ether oxygens (including phenoxy) is 2. The van der Waals surface area contributed by atoms with E-state index in [1.54, 1.807) is 38.1 Å². The SMILES string of the molecule is COc1cc(C(C)=NNC(=O)CCC(=O)NN=C(C)c2ccc(O)c(OC)c2)ccc1O. The summed E-state index contributed by atoms with van der Waals surface area (Å²) in [6, 6.07) is 9.41. The van der Waals surface area contributed by atoms with Crippen LogP contribution in [0.5, 0.6) is 23.0 Å². The van der Waals surface area contributed by atoms with Crippen molar-refractivity contribution >= 4 is 23.2 Å². The molecule has 2 aromatic rings. The number of amides is 2. The first-order valence-electron chi connectivity index (χ1n) is 9.66. The van der Waals surface area contributed by atoms with E-state index in [1.165, 1.54) is 26.4 Å². The molecule has 0 radical (unpaired) electrons. The average molecular weight is 442 g/mol. The number of aromatic hydroxyl groups is 2. The lowest BCUT2D eigenvalue weighted by Gasteiger charge is -2.07. The second-order valence-electron chi connectivity index (χ2n) is 6.74. The number of phenolic OH excluding ortho intramolecular Hbond substituents is 2. The summed E-state index contributed by atoms with van der Waals surface area (Å²) in [7, 11) is 2.87.